The summed E-state index contributed by atoms with van der Waals surface area (Å²) in [6, 6.07) is 5.31. The van der Waals surface area contributed by atoms with E-state index in [0.29, 0.717) is 0 Å². The number of nitrogens with one attached hydrogen (secondary N) is 1. The minimum Gasteiger partial charge on any atom is -0.461 e. The number of aliphatic imine (C=N–C) groups is 1. The molecule has 166 valence electrons. The maximum Gasteiger partial charge on any atom is 0.315 e. The summed E-state index contributed by atoms with van der Waals surface area (Å²) < 4.78 is 66.9. The molecule has 1 amide bonds. The van der Waals surface area contributed by atoms with Crippen molar-refractivity contribution < 1.29 is 31.8 Å². The first-order chi connectivity index (χ1) is 14.4. The molecule has 0 saturated carbocycles. The highest BCUT2D eigenvalue weighted by molar-refractivity contribution is 6.02. The number of nitrogens with two attached hydrogens (primary N) is 1. The summed E-state index contributed by atoms with van der Waals surface area (Å²) >= 11 is 0. The molecule has 1 aromatic carbocycles. The van der Waals surface area contributed by atoms with Crippen LogP contribution in [0.4, 0.5) is 23.2 Å². The van der Waals surface area contributed by atoms with Gasteiger partial charge in [0.15, 0.2) is 11.1 Å². The van der Waals surface area contributed by atoms with Crippen LogP contribution < -0.4 is 15.8 Å². The molecule has 3 N–H and O–H groups in total. The number of nitrogens with zero attached hydrogens (tertiary/aromatic N) is 2. The number of hydrogen-bond acceptors (Lipinski definition) is 6. The molecule has 1 atom stereocenters. The summed E-state index contributed by atoms with van der Waals surface area (Å²) in [5.74, 6) is -5.19. The molecule has 0 radical (unpaired) electrons. The smallest absolute Gasteiger partial charge is 0.315 e. The van der Waals surface area contributed by atoms with Gasteiger partial charge < -0.3 is 20.5 Å². The first kappa shape index (κ1) is 22.3. The predicted octanol–water partition coefficient (Wildman–Crippen LogP) is 3.75. The standard InChI is InChI=1S/C20H20F4N4O3/c1-18(2)20(23,24)19(3,28-17(25)31-18)13-8-11(4-6-14(13)22)27-16(29)15-7-5-12(9-26-15)30-10-21/h4-9H,10H2,1-3H3,(H2,25,28)(H,27,29)/t19-/m1/s1. The fraction of sp³-hybridized carbons (Fsp3) is 0.350. The third-order valence-electron chi connectivity index (χ3n) is 5.00. The van der Waals surface area contributed by atoms with Crippen LogP contribution in [-0.4, -0.2) is 35.3 Å². The van der Waals surface area contributed by atoms with Gasteiger partial charge in [0.05, 0.1) is 6.20 Å². The lowest BCUT2D eigenvalue weighted by atomic mass is 9.77. The molecule has 2 heterocycles. The monoisotopic (exact) mass is 440 g/mol. The van der Waals surface area contributed by atoms with E-state index in [1.807, 2.05) is 0 Å². The molecular weight excluding hydrogens is 420 g/mol. The number of carbonyl (C=O) groups is 1. The van der Waals surface area contributed by atoms with Crippen molar-refractivity contribution in [3.8, 4) is 5.75 Å². The van der Waals surface area contributed by atoms with Crippen LogP contribution in [0.1, 0.15) is 36.8 Å². The number of benzene rings is 1. The molecule has 1 aromatic heterocycles. The van der Waals surface area contributed by atoms with Gasteiger partial charge >= 0.3 is 5.92 Å². The summed E-state index contributed by atoms with van der Waals surface area (Å²) in [6.45, 7) is 2.24. The molecule has 0 fully saturated rings. The summed E-state index contributed by atoms with van der Waals surface area (Å²) in [5.41, 5.74) is 0.625. The first-order valence-electron chi connectivity index (χ1n) is 9.09. The number of ether oxygens (including phenoxy) is 2. The number of rotatable bonds is 5. The van der Waals surface area contributed by atoms with Crippen molar-refractivity contribution in [1.29, 1.82) is 0 Å². The Morgan fingerprint density at radius 2 is 1.94 bits per heavy atom. The summed E-state index contributed by atoms with van der Waals surface area (Å²) in [5, 5.41) is 2.45. The summed E-state index contributed by atoms with van der Waals surface area (Å²) in [6.07, 6.45) is 1.15. The number of amidine groups is 1. The fourth-order valence-corrected chi connectivity index (χ4v) is 3.29. The zero-order chi connectivity index (χ0) is 23.0. The van der Waals surface area contributed by atoms with E-state index in [2.05, 4.69) is 20.0 Å². The highest BCUT2D eigenvalue weighted by atomic mass is 19.3. The molecule has 31 heavy (non-hydrogen) atoms. The van der Waals surface area contributed by atoms with Gasteiger partial charge in [-0.25, -0.2) is 18.8 Å². The minimum atomic E-state index is -3.65. The molecule has 7 nitrogen and oxygen atoms in total. The van der Waals surface area contributed by atoms with E-state index in [4.69, 9.17) is 10.5 Å². The lowest BCUT2D eigenvalue weighted by Gasteiger charge is -2.46. The van der Waals surface area contributed by atoms with Crippen molar-refractivity contribution in [1.82, 2.24) is 4.98 Å². The Kier molecular flexibility index (Phi) is 5.55. The SMILES string of the molecule is CC1(C)OC(N)=N[C@](C)(c2cc(NC(=O)c3ccc(OCF)cn3)ccc2F)C1(F)F. The van der Waals surface area contributed by atoms with Crippen LogP contribution in [0.15, 0.2) is 41.5 Å². The van der Waals surface area contributed by atoms with E-state index in [9.17, 15) is 13.6 Å². The number of carbonyl (C=O) groups excluding carboxylic acids is 1. The van der Waals surface area contributed by atoms with E-state index in [0.717, 1.165) is 39.1 Å². The molecule has 11 heteroatoms. The van der Waals surface area contributed by atoms with E-state index in [-0.39, 0.29) is 17.1 Å². The molecule has 2 aromatic rings. The number of halogens is 4. The molecule has 0 bridgehead atoms. The van der Waals surface area contributed by atoms with Gasteiger partial charge in [-0.2, -0.15) is 8.78 Å². The Balaban J connectivity index is 1.95. The number of pyridine rings is 1. The molecule has 3 rings (SSSR count). The lowest BCUT2D eigenvalue weighted by molar-refractivity contribution is -0.207. The number of hydrogen-bond donors (Lipinski definition) is 2. The Morgan fingerprint density at radius 3 is 2.55 bits per heavy atom. The molecule has 0 aliphatic carbocycles. The zero-order valence-corrected chi connectivity index (χ0v) is 16.9. The maximum atomic E-state index is 15.2. The Morgan fingerprint density at radius 1 is 1.23 bits per heavy atom. The second-order valence-corrected chi connectivity index (χ2v) is 7.49. The third-order valence-corrected chi connectivity index (χ3v) is 5.00. The fourth-order valence-electron chi connectivity index (χ4n) is 3.29. The van der Waals surface area contributed by atoms with Gasteiger partial charge in [0.2, 0.25) is 6.86 Å². The number of alkyl halides is 3. The van der Waals surface area contributed by atoms with Gasteiger partial charge in [-0.3, -0.25) is 4.79 Å². The number of amides is 1. The number of anilines is 1. The van der Waals surface area contributed by atoms with E-state index >= 15 is 8.78 Å². The van der Waals surface area contributed by atoms with Crippen LogP contribution in [0.3, 0.4) is 0 Å². The van der Waals surface area contributed by atoms with Crippen molar-refractivity contribution in [2.45, 2.75) is 37.8 Å². The maximum absolute atomic E-state index is 15.2. The molecular formula is C20H20F4N4O3. The van der Waals surface area contributed by atoms with Crippen LogP contribution in [0.5, 0.6) is 5.75 Å². The van der Waals surface area contributed by atoms with Crippen LogP contribution in [0.2, 0.25) is 0 Å². The van der Waals surface area contributed by atoms with E-state index in [1.165, 1.54) is 18.2 Å². The van der Waals surface area contributed by atoms with E-state index in [1.54, 1.807) is 0 Å². The van der Waals surface area contributed by atoms with Crippen LogP contribution in [0, 0.1) is 5.82 Å². The summed E-state index contributed by atoms with van der Waals surface area (Å²) in [4.78, 5) is 20.0. The van der Waals surface area contributed by atoms with Crippen molar-refractivity contribution in [2.24, 2.45) is 10.7 Å². The molecule has 1 aliphatic rings. The van der Waals surface area contributed by atoms with Crippen molar-refractivity contribution in [3.63, 3.8) is 0 Å². The first-order valence-corrected chi connectivity index (χ1v) is 9.09. The largest absolute Gasteiger partial charge is 0.461 e. The topological polar surface area (TPSA) is 98.8 Å². The van der Waals surface area contributed by atoms with Gasteiger partial charge in [0, 0.05) is 11.3 Å². The Bertz CT molecular complexity index is 1030. The average molecular weight is 440 g/mol. The average Bonchev–Trinajstić information content (AvgIpc) is 2.68. The molecule has 0 spiro atoms. The van der Waals surface area contributed by atoms with Gasteiger partial charge in [0.25, 0.3) is 11.9 Å². The second-order valence-electron chi connectivity index (χ2n) is 7.49. The molecule has 0 unspecified atom stereocenters. The van der Waals surface area contributed by atoms with Crippen molar-refractivity contribution >= 4 is 17.6 Å². The van der Waals surface area contributed by atoms with Gasteiger partial charge in [-0.05, 0) is 51.1 Å². The zero-order valence-electron chi connectivity index (χ0n) is 16.9. The highest BCUT2D eigenvalue weighted by Crippen LogP contribution is 2.51. The Labute approximate surface area is 175 Å². The van der Waals surface area contributed by atoms with Crippen LogP contribution in [0.25, 0.3) is 0 Å². The minimum absolute atomic E-state index is 0.0300. The van der Waals surface area contributed by atoms with Gasteiger partial charge in [-0.15, -0.1) is 0 Å². The molecule has 1 aliphatic heterocycles. The quantitative estimate of drug-likeness (QED) is 0.690. The van der Waals surface area contributed by atoms with Crippen LogP contribution in [-0.2, 0) is 10.3 Å². The van der Waals surface area contributed by atoms with Gasteiger partial charge in [0.1, 0.15) is 17.3 Å². The second kappa shape index (κ2) is 7.71. The van der Waals surface area contributed by atoms with Crippen LogP contribution >= 0.6 is 0 Å². The molecule has 0 saturated heterocycles. The Hall–Kier alpha value is -3.37. The van der Waals surface area contributed by atoms with Crippen molar-refractivity contribution in [2.75, 3.05) is 12.2 Å². The lowest BCUT2D eigenvalue weighted by Crippen LogP contribution is -2.62. The number of aromatic nitrogens is 1. The normalized spacial score (nSPS) is 21.6. The van der Waals surface area contributed by atoms with Crippen molar-refractivity contribution in [3.05, 3.63) is 53.6 Å². The van der Waals surface area contributed by atoms with E-state index < -0.39 is 47.2 Å². The third kappa shape index (κ3) is 3.87. The van der Waals surface area contributed by atoms with Gasteiger partial charge in [-0.1, -0.05) is 0 Å². The predicted molar refractivity (Wildman–Crippen MR) is 104 cm³/mol. The highest BCUT2D eigenvalue weighted by Gasteiger charge is 2.66. The summed E-state index contributed by atoms with van der Waals surface area (Å²) in [7, 11) is 0.